The van der Waals surface area contributed by atoms with Gasteiger partial charge in [0.05, 0.1) is 19.8 Å². The second kappa shape index (κ2) is 12.9. The van der Waals surface area contributed by atoms with Crippen molar-refractivity contribution in [3.63, 3.8) is 0 Å². The van der Waals surface area contributed by atoms with Gasteiger partial charge in [-0.15, -0.1) is 0 Å². The molecule has 0 saturated carbocycles. The van der Waals surface area contributed by atoms with Gasteiger partial charge in [0.15, 0.2) is 0 Å². The molecule has 1 aromatic rings. The highest BCUT2D eigenvalue weighted by Crippen LogP contribution is 2.52. The van der Waals surface area contributed by atoms with E-state index in [0.29, 0.717) is 0 Å². The first-order valence-corrected chi connectivity index (χ1v) is 10.8. The molecule has 1 aromatic carbocycles. The van der Waals surface area contributed by atoms with E-state index in [0.717, 1.165) is 5.56 Å². The van der Waals surface area contributed by atoms with Gasteiger partial charge in [-0.25, -0.2) is 9.59 Å². The van der Waals surface area contributed by atoms with E-state index in [1.165, 1.54) is 0 Å². The lowest BCUT2D eigenvalue weighted by atomic mass is 10.2. The molecule has 11 heteroatoms. The molecule has 0 aliphatic carbocycles. The topological polar surface area (TPSA) is 129 Å². The number of benzene rings is 1. The van der Waals surface area contributed by atoms with Crippen molar-refractivity contribution in [3.8, 4) is 0 Å². The number of carbonyl (C=O) groups is 3. The fraction of sp³-hybridized carbons (Fsp3) is 0.500. The molecule has 0 heterocycles. The number of ether oxygens (including phenoxy) is 2. The second-order valence-electron chi connectivity index (χ2n) is 5.51. The van der Waals surface area contributed by atoms with E-state index >= 15 is 0 Å². The van der Waals surface area contributed by atoms with Gasteiger partial charge < -0.3 is 29.2 Å². The van der Waals surface area contributed by atoms with Gasteiger partial charge in [0.1, 0.15) is 13.2 Å². The van der Waals surface area contributed by atoms with Crippen molar-refractivity contribution in [3.05, 3.63) is 35.9 Å². The van der Waals surface area contributed by atoms with Crippen molar-refractivity contribution in [1.29, 1.82) is 0 Å². The highest BCUT2D eigenvalue weighted by molar-refractivity contribution is 7.55. The standard InChI is InChI=1S/C18H27N2O8P/c1-4-25-17(22)16(29(24,27-5-2)28-6-3)20-15(21)12-19-18(23)26-13-14-10-8-7-9-11-14/h7-11,16H,4-6,12-13H2,1-3H3,(H,19,23)(H,20,21). The van der Waals surface area contributed by atoms with Gasteiger partial charge >= 0.3 is 19.7 Å². The number of rotatable bonds is 12. The Kier molecular flexibility index (Phi) is 11.0. The number of hydrogen-bond acceptors (Lipinski definition) is 8. The van der Waals surface area contributed by atoms with Crippen LogP contribution in [0.5, 0.6) is 0 Å². The molecule has 0 radical (unpaired) electrons. The van der Waals surface area contributed by atoms with E-state index in [9.17, 15) is 18.9 Å². The molecule has 0 bridgehead atoms. The molecule has 2 N–H and O–H groups in total. The summed E-state index contributed by atoms with van der Waals surface area (Å²) in [5.74, 6) is -3.41. The van der Waals surface area contributed by atoms with Gasteiger partial charge in [-0.05, 0) is 26.3 Å². The normalized spacial score (nSPS) is 12.0. The van der Waals surface area contributed by atoms with E-state index in [-0.39, 0.29) is 26.4 Å². The Labute approximate surface area is 169 Å². The summed E-state index contributed by atoms with van der Waals surface area (Å²) in [5, 5.41) is 4.49. The highest BCUT2D eigenvalue weighted by atomic mass is 31.2. The molecule has 0 aromatic heterocycles. The van der Waals surface area contributed by atoms with Crippen LogP contribution >= 0.6 is 7.60 Å². The van der Waals surface area contributed by atoms with Crippen molar-refractivity contribution >= 4 is 25.6 Å². The molecule has 0 aliphatic heterocycles. The maximum atomic E-state index is 12.9. The van der Waals surface area contributed by atoms with Gasteiger partial charge in [-0.2, -0.15) is 0 Å². The molecule has 29 heavy (non-hydrogen) atoms. The van der Waals surface area contributed by atoms with E-state index in [4.69, 9.17) is 18.5 Å². The Balaban J connectivity index is 2.65. The van der Waals surface area contributed by atoms with Crippen molar-refractivity contribution in [2.75, 3.05) is 26.4 Å². The minimum atomic E-state index is -4.02. The first-order chi connectivity index (χ1) is 13.9. The second-order valence-corrected chi connectivity index (χ2v) is 7.63. The zero-order valence-electron chi connectivity index (χ0n) is 16.7. The molecule has 0 fully saturated rings. The van der Waals surface area contributed by atoms with Crippen molar-refractivity contribution in [2.24, 2.45) is 0 Å². The summed E-state index contributed by atoms with van der Waals surface area (Å²) in [6, 6.07) is 8.99. The Morgan fingerprint density at radius 3 is 2.14 bits per heavy atom. The fourth-order valence-electron chi connectivity index (χ4n) is 2.16. The number of nitrogens with one attached hydrogen (secondary N) is 2. The third kappa shape index (κ3) is 8.64. The van der Waals surface area contributed by atoms with Gasteiger partial charge in [-0.1, -0.05) is 30.3 Å². The van der Waals surface area contributed by atoms with Gasteiger partial charge in [-0.3, -0.25) is 9.36 Å². The molecular weight excluding hydrogens is 403 g/mol. The van der Waals surface area contributed by atoms with Crippen LogP contribution in [0.3, 0.4) is 0 Å². The van der Waals surface area contributed by atoms with Crippen LogP contribution in [0, 0.1) is 0 Å². The summed E-state index contributed by atoms with van der Waals surface area (Å²) in [7, 11) is -4.02. The zero-order valence-corrected chi connectivity index (χ0v) is 17.6. The highest BCUT2D eigenvalue weighted by Gasteiger charge is 2.43. The molecular formula is C18H27N2O8P. The maximum Gasteiger partial charge on any atom is 0.407 e. The van der Waals surface area contributed by atoms with Gasteiger partial charge in [0.2, 0.25) is 11.7 Å². The molecule has 0 spiro atoms. The fourth-order valence-corrected chi connectivity index (χ4v) is 3.89. The van der Waals surface area contributed by atoms with Crippen molar-refractivity contribution < 1.29 is 37.5 Å². The number of alkyl carbamates (subject to hydrolysis) is 1. The zero-order chi connectivity index (χ0) is 21.7. The summed E-state index contributed by atoms with van der Waals surface area (Å²) in [5.41, 5.74) is 0.781. The molecule has 1 unspecified atom stereocenters. The minimum absolute atomic E-state index is 0.00683. The van der Waals surface area contributed by atoms with Crippen LogP contribution in [0.2, 0.25) is 0 Å². The summed E-state index contributed by atoms with van der Waals surface area (Å²) in [4.78, 5) is 36.1. The van der Waals surface area contributed by atoms with Crippen molar-refractivity contribution in [1.82, 2.24) is 10.6 Å². The number of amides is 2. The summed E-state index contributed by atoms with van der Waals surface area (Å²) in [6.07, 6.45) is -0.825. The lowest BCUT2D eigenvalue weighted by Gasteiger charge is -2.25. The van der Waals surface area contributed by atoms with E-state index in [1.807, 2.05) is 6.07 Å². The molecule has 0 aliphatic rings. The summed E-state index contributed by atoms with van der Waals surface area (Å²) in [6.45, 7) is 4.21. The lowest BCUT2D eigenvalue weighted by molar-refractivity contribution is -0.145. The van der Waals surface area contributed by atoms with Crippen LogP contribution in [-0.2, 0) is 39.3 Å². The molecule has 2 amide bonds. The Morgan fingerprint density at radius 2 is 1.59 bits per heavy atom. The van der Waals surface area contributed by atoms with Crippen molar-refractivity contribution in [2.45, 2.75) is 33.2 Å². The van der Waals surface area contributed by atoms with E-state index in [1.54, 1.807) is 45.0 Å². The molecule has 1 rings (SSSR count). The number of hydrogen-bond donors (Lipinski definition) is 2. The number of carbonyl (C=O) groups excluding carboxylic acids is 3. The van der Waals surface area contributed by atoms with Crippen LogP contribution in [0.4, 0.5) is 4.79 Å². The van der Waals surface area contributed by atoms with Gasteiger partial charge in [0.25, 0.3) is 0 Å². The molecule has 10 nitrogen and oxygen atoms in total. The first-order valence-electron chi connectivity index (χ1n) is 9.15. The van der Waals surface area contributed by atoms with Crippen LogP contribution in [0.15, 0.2) is 30.3 Å². The van der Waals surface area contributed by atoms with Crippen LogP contribution in [-0.4, -0.2) is 50.1 Å². The molecule has 0 saturated heterocycles. The average Bonchev–Trinajstić information content (AvgIpc) is 2.70. The SMILES string of the molecule is CCOC(=O)C(NC(=O)CNC(=O)OCc1ccccc1)P(=O)(OCC)OCC. The number of esters is 1. The summed E-state index contributed by atoms with van der Waals surface area (Å²) >= 11 is 0. The summed E-state index contributed by atoms with van der Waals surface area (Å²) < 4.78 is 33.0. The van der Waals surface area contributed by atoms with E-state index in [2.05, 4.69) is 10.6 Å². The van der Waals surface area contributed by atoms with Crippen LogP contribution < -0.4 is 10.6 Å². The smallest absolute Gasteiger partial charge is 0.407 e. The van der Waals surface area contributed by atoms with Gasteiger partial charge in [0, 0.05) is 0 Å². The molecule has 162 valence electrons. The van der Waals surface area contributed by atoms with E-state index < -0.39 is 37.9 Å². The quantitative estimate of drug-likeness (QED) is 0.381. The Bertz CT molecular complexity index is 703. The minimum Gasteiger partial charge on any atom is -0.464 e. The van der Waals surface area contributed by atoms with Crippen LogP contribution in [0.25, 0.3) is 0 Å². The largest absolute Gasteiger partial charge is 0.464 e. The first kappa shape index (κ1) is 24.6. The average molecular weight is 430 g/mol. The lowest BCUT2D eigenvalue weighted by Crippen LogP contribution is -2.46. The predicted octanol–water partition coefficient (Wildman–Crippen LogP) is 2.18. The monoisotopic (exact) mass is 430 g/mol. The Morgan fingerprint density at radius 1 is 0.966 bits per heavy atom. The third-order valence-corrected chi connectivity index (χ3v) is 5.56. The van der Waals surface area contributed by atoms with Crippen LogP contribution in [0.1, 0.15) is 26.3 Å². The predicted molar refractivity (Wildman–Crippen MR) is 104 cm³/mol. The Hall–Kier alpha value is -2.42. The maximum absolute atomic E-state index is 12.9. The molecule has 1 atom stereocenters. The third-order valence-electron chi connectivity index (χ3n) is 3.35.